The van der Waals surface area contributed by atoms with E-state index in [4.69, 9.17) is 14.4 Å². The van der Waals surface area contributed by atoms with Crippen molar-refractivity contribution in [3.8, 4) is 22.6 Å². The normalized spacial score (nSPS) is 11.8. The highest BCUT2D eigenvalue weighted by Crippen LogP contribution is 2.40. The number of hydrogen-bond acceptors (Lipinski definition) is 3. The summed E-state index contributed by atoms with van der Waals surface area (Å²) in [6.07, 6.45) is 0. The summed E-state index contributed by atoms with van der Waals surface area (Å²) in [4.78, 5) is 10.3. The molecule has 0 fully saturated rings. The molecule has 42 heavy (non-hydrogen) atoms. The summed E-state index contributed by atoms with van der Waals surface area (Å²) in [7, 11) is 0. The number of aryl methyl sites for hydroxylation is 3. The molecule has 3 aromatic heterocycles. The number of pyridine rings is 1. The van der Waals surface area contributed by atoms with E-state index in [1.807, 2.05) is 0 Å². The van der Waals surface area contributed by atoms with Gasteiger partial charge < -0.3 is 8.98 Å². The van der Waals surface area contributed by atoms with Gasteiger partial charge in [0, 0.05) is 28.3 Å². The van der Waals surface area contributed by atoms with Crippen molar-refractivity contribution < 1.29 is 4.42 Å². The molecule has 4 heteroatoms. The molecule has 0 saturated heterocycles. The predicted molar refractivity (Wildman–Crippen MR) is 173 cm³/mol. The first-order valence-electron chi connectivity index (χ1n) is 14.4. The lowest BCUT2D eigenvalue weighted by Gasteiger charge is -2.12. The van der Waals surface area contributed by atoms with Crippen LogP contribution in [0.4, 0.5) is 0 Å². The number of aromatic nitrogens is 3. The van der Waals surface area contributed by atoms with Crippen molar-refractivity contribution in [2.24, 2.45) is 0 Å². The van der Waals surface area contributed by atoms with Crippen molar-refractivity contribution >= 4 is 43.9 Å². The summed E-state index contributed by atoms with van der Waals surface area (Å²) >= 11 is 0. The van der Waals surface area contributed by atoms with E-state index >= 15 is 0 Å². The molecule has 5 aromatic carbocycles. The lowest BCUT2D eigenvalue weighted by atomic mass is 9.99. The van der Waals surface area contributed by atoms with Gasteiger partial charge in [-0.25, -0.2) is 9.97 Å². The summed E-state index contributed by atoms with van der Waals surface area (Å²) in [5, 5.41) is 4.51. The van der Waals surface area contributed by atoms with Crippen LogP contribution in [0, 0.1) is 20.8 Å². The molecule has 0 unspecified atom stereocenters. The number of imidazole rings is 1. The van der Waals surface area contributed by atoms with E-state index in [-0.39, 0.29) is 0 Å². The van der Waals surface area contributed by atoms with Crippen LogP contribution in [-0.4, -0.2) is 14.5 Å². The van der Waals surface area contributed by atoms with E-state index < -0.39 is 0 Å². The molecular formula is C38H29N3O. The lowest BCUT2D eigenvalue weighted by molar-refractivity contribution is 0.654. The maximum atomic E-state index is 6.68. The SMILES string of the molecule is Cc1cccc(C)c1-c1ccc2c(n1)oc1c(-c3nc4ccc5ccccc5c4n3Cc3ccccc3)ccc(C)c12. The van der Waals surface area contributed by atoms with Gasteiger partial charge in [-0.3, -0.25) is 0 Å². The maximum Gasteiger partial charge on any atom is 0.227 e. The highest BCUT2D eigenvalue weighted by molar-refractivity contribution is 6.11. The van der Waals surface area contributed by atoms with Crippen LogP contribution in [0.5, 0.6) is 0 Å². The zero-order valence-corrected chi connectivity index (χ0v) is 23.8. The zero-order valence-electron chi connectivity index (χ0n) is 23.8. The summed E-state index contributed by atoms with van der Waals surface area (Å²) < 4.78 is 9.03. The Bertz CT molecular complexity index is 2290. The Kier molecular flexibility index (Phi) is 5.51. The Morgan fingerprint density at radius 2 is 1.43 bits per heavy atom. The maximum absolute atomic E-state index is 6.68. The van der Waals surface area contributed by atoms with Crippen LogP contribution in [0.2, 0.25) is 0 Å². The average Bonchev–Trinajstić information content (AvgIpc) is 3.57. The first-order chi connectivity index (χ1) is 20.6. The van der Waals surface area contributed by atoms with Crippen LogP contribution in [-0.2, 0) is 6.54 Å². The van der Waals surface area contributed by atoms with Crippen LogP contribution < -0.4 is 0 Å². The molecule has 0 saturated carbocycles. The minimum absolute atomic E-state index is 0.650. The number of furan rings is 1. The summed E-state index contributed by atoms with van der Waals surface area (Å²) in [6, 6.07) is 38.4. The summed E-state index contributed by atoms with van der Waals surface area (Å²) in [5.41, 5.74) is 11.4. The van der Waals surface area contributed by atoms with Gasteiger partial charge in [-0.2, -0.15) is 0 Å². The molecule has 0 N–H and O–H groups in total. The number of hydrogen-bond donors (Lipinski definition) is 0. The quantitative estimate of drug-likeness (QED) is 0.222. The Hall–Kier alpha value is -5.22. The molecule has 202 valence electrons. The van der Waals surface area contributed by atoms with E-state index in [1.165, 1.54) is 27.5 Å². The van der Waals surface area contributed by atoms with Crippen molar-refractivity contribution in [2.45, 2.75) is 27.3 Å². The van der Waals surface area contributed by atoms with Crippen molar-refractivity contribution in [3.63, 3.8) is 0 Å². The van der Waals surface area contributed by atoms with Crippen LogP contribution >= 0.6 is 0 Å². The number of fused-ring (bicyclic) bond motifs is 6. The Morgan fingerprint density at radius 1 is 0.643 bits per heavy atom. The largest absolute Gasteiger partial charge is 0.437 e. The first-order valence-corrected chi connectivity index (χ1v) is 14.4. The minimum Gasteiger partial charge on any atom is -0.437 e. The zero-order chi connectivity index (χ0) is 28.4. The highest BCUT2D eigenvalue weighted by Gasteiger charge is 2.22. The molecule has 3 heterocycles. The van der Waals surface area contributed by atoms with E-state index in [9.17, 15) is 0 Å². The predicted octanol–water partition coefficient (Wildman–Crippen LogP) is 9.79. The summed E-state index contributed by atoms with van der Waals surface area (Å²) in [6.45, 7) is 7.11. The third-order valence-electron chi connectivity index (χ3n) is 8.49. The van der Waals surface area contributed by atoms with Crippen LogP contribution in [0.15, 0.2) is 114 Å². The Labute approximate surface area is 243 Å². The van der Waals surface area contributed by atoms with Crippen molar-refractivity contribution in [2.75, 3.05) is 0 Å². The molecule has 0 bridgehead atoms. The van der Waals surface area contributed by atoms with Crippen molar-refractivity contribution in [1.29, 1.82) is 0 Å². The second-order valence-corrected chi connectivity index (χ2v) is 11.2. The van der Waals surface area contributed by atoms with E-state index in [2.05, 4.69) is 135 Å². The second-order valence-electron chi connectivity index (χ2n) is 11.2. The number of rotatable bonds is 4. The molecule has 0 aliphatic rings. The van der Waals surface area contributed by atoms with Gasteiger partial charge in [0.1, 0.15) is 11.4 Å². The smallest absolute Gasteiger partial charge is 0.227 e. The van der Waals surface area contributed by atoms with Crippen molar-refractivity contribution in [3.05, 3.63) is 131 Å². The molecule has 0 aliphatic heterocycles. The number of nitrogens with zero attached hydrogens (tertiary/aromatic N) is 3. The monoisotopic (exact) mass is 543 g/mol. The molecule has 0 spiro atoms. The molecule has 0 atom stereocenters. The van der Waals surface area contributed by atoms with Gasteiger partial charge in [0.2, 0.25) is 5.71 Å². The van der Waals surface area contributed by atoms with Crippen molar-refractivity contribution in [1.82, 2.24) is 14.5 Å². The van der Waals surface area contributed by atoms with Crippen LogP contribution in [0.25, 0.3) is 66.5 Å². The third-order valence-corrected chi connectivity index (χ3v) is 8.49. The molecule has 8 aromatic rings. The van der Waals surface area contributed by atoms with Gasteiger partial charge in [0.15, 0.2) is 0 Å². The lowest BCUT2D eigenvalue weighted by Crippen LogP contribution is -2.03. The van der Waals surface area contributed by atoms with Gasteiger partial charge in [-0.05, 0) is 72.7 Å². The van der Waals surface area contributed by atoms with E-state index in [0.717, 1.165) is 55.6 Å². The Morgan fingerprint density at radius 3 is 2.26 bits per heavy atom. The minimum atomic E-state index is 0.650. The van der Waals surface area contributed by atoms with Crippen LogP contribution in [0.3, 0.4) is 0 Å². The molecule has 0 aliphatic carbocycles. The van der Waals surface area contributed by atoms with Gasteiger partial charge in [-0.15, -0.1) is 0 Å². The van der Waals surface area contributed by atoms with Gasteiger partial charge in [0.25, 0.3) is 0 Å². The highest BCUT2D eigenvalue weighted by atomic mass is 16.3. The molecular weight excluding hydrogens is 514 g/mol. The number of benzene rings is 5. The second kappa shape index (κ2) is 9.42. The fourth-order valence-electron chi connectivity index (χ4n) is 6.48. The fourth-order valence-corrected chi connectivity index (χ4v) is 6.48. The van der Waals surface area contributed by atoms with Crippen LogP contribution in [0.1, 0.15) is 22.3 Å². The van der Waals surface area contributed by atoms with Gasteiger partial charge in [0.05, 0.1) is 22.3 Å². The van der Waals surface area contributed by atoms with Gasteiger partial charge >= 0.3 is 0 Å². The standard InChI is InChI=1S/C38H29N3O/c1-23-10-9-11-24(2)33(23)31-21-19-29-34-25(3)16-18-30(36(34)42-38(29)40-31)37-39-32-20-17-27-14-7-8-15-28(27)35(32)41(37)22-26-12-5-4-6-13-26/h4-21H,22H2,1-3H3. The molecule has 0 radical (unpaired) electrons. The van der Waals surface area contributed by atoms with E-state index in [0.29, 0.717) is 12.3 Å². The fraction of sp³-hybridized carbons (Fsp3) is 0.105. The summed E-state index contributed by atoms with van der Waals surface area (Å²) in [5.74, 6) is 0.893. The molecule has 8 rings (SSSR count). The Balaban J connectivity index is 1.41. The third kappa shape index (κ3) is 3.76. The molecule has 4 nitrogen and oxygen atoms in total. The molecule has 0 amide bonds. The average molecular weight is 544 g/mol. The topological polar surface area (TPSA) is 43.9 Å². The van der Waals surface area contributed by atoms with Gasteiger partial charge in [-0.1, -0.05) is 84.9 Å². The van der Waals surface area contributed by atoms with E-state index in [1.54, 1.807) is 0 Å². The first kappa shape index (κ1) is 24.6.